The zero-order chi connectivity index (χ0) is 20.7. The number of nitrogens with zero attached hydrogens (tertiary/aromatic N) is 2. The number of carbonyl (C=O) groups excluding carboxylic acids is 1. The lowest BCUT2D eigenvalue weighted by molar-refractivity contribution is -0.154. The summed E-state index contributed by atoms with van der Waals surface area (Å²) in [5, 5.41) is 0. The van der Waals surface area contributed by atoms with Gasteiger partial charge >= 0.3 is 6.18 Å². The van der Waals surface area contributed by atoms with E-state index in [9.17, 15) is 18.0 Å². The lowest BCUT2D eigenvalue weighted by Gasteiger charge is -2.21. The minimum atomic E-state index is -4.45. The number of methoxy groups -OCH3 is 2. The quantitative estimate of drug-likeness (QED) is 0.679. The fourth-order valence-electron chi connectivity index (χ4n) is 2.46. The van der Waals surface area contributed by atoms with Crippen molar-refractivity contribution in [3.05, 3.63) is 47.7 Å². The topological polar surface area (TPSA) is 60.9 Å². The van der Waals surface area contributed by atoms with Crippen LogP contribution in [0.15, 0.2) is 36.5 Å². The number of halogens is 3. The van der Waals surface area contributed by atoms with E-state index >= 15 is 0 Å². The van der Waals surface area contributed by atoms with E-state index in [0.717, 1.165) is 5.56 Å². The van der Waals surface area contributed by atoms with E-state index in [1.54, 1.807) is 17.0 Å². The molecule has 0 unspecified atom stereocenters. The fourth-order valence-corrected chi connectivity index (χ4v) is 2.46. The van der Waals surface area contributed by atoms with E-state index in [-0.39, 0.29) is 17.4 Å². The number of hydrogen-bond donors (Lipinski definition) is 0. The number of amides is 1. The van der Waals surface area contributed by atoms with Crippen molar-refractivity contribution in [3.63, 3.8) is 0 Å². The summed E-state index contributed by atoms with van der Waals surface area (Å²) in [7, 11) is 3.06. The predicted octanol–water partition coefficient (Wildman–Crippen LogP) is 3.70. The summed E-state index contributed by atoms with van der Waals surface area (Å²) in [6.07, 6.45) is -3.25. The van der Waals surface area contributed by atoms with E-state index in [0.29, 0.717) is 24.6 Å². The molecule has 0 N–H and O–H groups in total. The summed E-state index contributed by atoms with van der Waals surface area (Å²) in [6, 6.07) is 7.98. The second kappa shape index (κ2) is 9.29. The Morgan fingerprint density at radius 1 is 1.11 bits per heavy atom. The standard InChI is InChI=1S/C19H21F3N2O4/c1-4-24(11-13-5-7-15(26-2)16(9-13)27-3)18(25)14-6-8-17(23-10-14)28-12-19(20,21)22/h5-10H,4,11-12H2,1-3H3. The van der Waals surface area contributed by atoms with Crippen molar-refractivity contribution in [2.75, 3.05) is 27.4 Å². The van der Waals surface area contributed by atoms with Gasteiger partial charge in [-0.25, -0.2) is 4.98 Å². The van der Waals surface area contributed by atoms with Crippen LogP contribution in [0.25, 0.3) is 0 Å². The number of benzene rings is 1. The second-order valence-corrected chi connectivity index (χ2v) is 5.80. The first kappa shape index (κ1) is 21.3. The molecule has 0 saturated carbocycles. The normalized spacial score (nSPS) is 11.1. The third-order valence-electron chi connectivity index (χ3n) is 3.86. The molecular formula is C19H21F3N2O4. The number of carbonyl (C=O) groups is 1. The molecule has 1 aromatic heterocycles. The highest BCUT2D eigenvalue weighted by Crippen LogP contribution is 2.28. The minimum absolute atomic E-state index is 0.197. The maximum atomic E-state index is 12.7. The number of pyridine rings is 1. The van der Waals surface area contributed by atoms with Gasteiger partial charge in [0.05, 0.1) is 19.8 Å². The number of alkyl halides is 3. The van der Waals surface area contributed by atoms with Crippen LogP contribution in [-0.4, -0.2) is 49.3 Å². The van der Waals surface area contributed by atoms with Crippen molar-refractivity contribution in [2.24, 2.45) is 0 Å². The van der Waals surface area contributed by atoms with Gasteiger partial charge in [0.15, 0.2) is 18.1 Å². The predicted molar refractivity (Wildman–Crippen MR) is 95.7 cm³/mol. The van der Waals surface area contributed by atoms with Crippen LogP contribution < -0.4 is 14.2 Å². The number of rotatable bonds is 8. The molecule has 0 aliphatic carbocycles. The van der Waals surface area contributed by atoms with Crippen molar-refractivity contribution < 1.29 is 32.2 Å². The molecule has 2 rings (SSSR count). The van der Waals surface area contributed by atoms with Crippen LogP contribution in [0.3, 0.4) is 0 Å². The van der Waals surface area contributed by atoms with Crippen LogP contribution in [-0.2, 0) is 6.54 Å². The monoisotopic (exact) mass is 398 g/mol. The molecule has 152 valence electrons. The summed E-state index contributed by atoms with van der Waals surface area (Å²) in [5.41, 5.74) is 1.09. The van der Waals surface area contributed by atoms with Crippen molar-refractivity contribution in [1.82, 2.24) is 9.88 Å². The van der Waals surface area contributed by atoms with Gasteiger partial charge in [0, 0.05) is 25.4 Å². The Labute approximate surface area is 160 Å². The fraction of sp³-hybridized carbons (Fsp3) is 0.368. The van der Waals surface area contributed by atoms with Gasteiger partial charge in [-0.1, -0.05) is 6.07 Å². The molecule has 0 bridgehead atoms. The maximum absolute atomic E-state index is 12.7. The highest BCUT2D eigenvalue weighted by atomic mass is 19.4. The summed E-state index contributed by atoms with van der Waals surface area (Å²) in [4.78, 5) is 18.0. The zero-order valence-corrected chi connectivity index (χ0v) is 15.7. The molecule has 0 saturated heterocycles. The molecule has 0 fully saturated rings. The molecule has 0 aliphatic rings. The zero-order valence-electron chi connectivity index (χ0n) is 15.7. The highest BCUT2D eigenvalue weighted by Gasteiger charge is 2.28. The van der Waals surface area contributed by atoms with E-state index in [4.69, 9.17) is 9.47 Å². The lowest BCUT2D eigenvalue weighted by Crippen LogP contribution is -2.30. The Hall–Kier alpha value is -2.97. The average molecular weight is 398 g/mol. The molecule has 9 heteroatoms. The SMILES string of the molecule is CCN(Cc1ccc(OC)c(OC)c1)C(=O)c1ccc(OCC(F)(F)F)nc1. The second-order valence-electron chi connectivity index (χ2n) is 5.80. The van der Waals surface area contributed by atoms with Gasteiger partial charge in [0.25, 0.3) is 5.91 Å². The molecule has 0 atom stereocenters. The smallest absolute Gasteiger partial charge is 0.422 e. The van der Waals surface area contributed by atoms with Crippen LogP contribution in [0.4, 0.5) is 13.2 Å². The Bertz CT molecular complexity index is 795. The number of ether oxygens (including phenoxy) is 3. The molecule has 0 aliphatic heterocycles. The first-order valence-electron chi connectivity index (χ1n) is 8.43. The molecule has 1 amide bonds. The van der Waals surface area contributed by atoms with Gasteiger partial charge in [-0.2, -0.15) is 13.2 Å². The van der Waals surface area contributed by atoms with Gasteiger partial charge in [-0.3, -0.25) is 4.79 Å². The number of aromatic nitrogens is 1. The van der Waals surface area contributed by atoms with Crippen molar-refractivity contribution in [1.29, 1.82) is 0 Å². The molecule has 0 spiro atoms. The van der Waals surface area contributed by atoms with Crippen LogP contribution >= 0.6 is 0 Å². The van der Waals surface area contributed by atoms with Crippen molar-refractivity contribution >= 4 is 5.91 Å². The highest BCUT2D eigenvalue weighted by molar-refractivity contribution is 5.93. The van der Waals surface area contributed by atoms with Crippen LogP contribution in [0.5, 0.6) is 17.4 Å². The van der Waals surface area contributed by atoms with Gasteiger partial charge < -0.3 is 19.1 Å². The molecule has 1 aromatic carbocycles. The third kappa shape index (κ3) is 5.77. The summed E-state index contributed by atoms with van der Waals surface area (Å²) >= 11 is 0. The van der Waals surface area contributed by atoms with Crippen molar-refractivity contribution in [3.8, 4) is 17.4 Å². The van der Waals surface area contributed by atoms with Gasteiger partial charge in [-0.15, -0.1) is 0 Å². The van der Waals surface area contributed by atoms with Crippen LogP contribution in [0.2, 0.25) is 0 Å². The molecule has 0 radical (unpaired) electrons. The van der Waals surface area contributed by atoms with Gasteiger partial charge in [0.1, 0.15) is 0 Å². The van der Waals surface area contributed by atoms with Crippen LogP contribution in [0, 0.1) is 0 Å². The Morgan fingerprint density at radius 2 is 1.82 bits per heavy atom. The molecular weight excluding hydrogens is 377 g/mol. The molecule has 2 aromatic rings. The van der Waals surface area contributed by atoms with Crippen LogP contribution in [0.1, 0.15) is 22.8 Å². The van der Waals surface area contributed by atoms with E-state index < -0.39 is 12.8 Å². The van der Waals surface area contributed by atoms with E-state index in [1.807, 2.05) is 13.0 Å². The lowest BCUT2D eigenvalue weighted by atomic mass is 10.1. The summed E-state index contributed by atoms with van der Waals surface area (Å²) in [5.74, 6) is 0.638. The minimum Gasteiger partial charge on any atom is -0.493 e. The molecule has 1 heterocycles. The Balaban J connectivity index is 2.08. The van der Waals surface area contributed by atoms with Crippen molar-refractivity contribution in [2.45, 2.75) is 19.6 Å². The first-order chi connectivity index (χ1) is 13.3. The maximum Gasteiger partial charge on any atom is 0.422 e. The van der Waals surface area contributed by atoms with E-state index in [1.165, 1.54) is 32.5 Å². The number of hydrogen-bond acceptors (Lipinski definition) is 5. The first-order valence-corrected chi connectivity index (χ1v) is 8.43. The third-order valence-corrected chi connectivity index (χ3v) is 3.86. The van der Waals surface area contributed by atoms with Gasteiger partial charge in [0.2, 0.25) is 5.88 Å². The Kier molecular flexibility index (Phi) is 7.08. The Morgan fingerprint density at radius 3 is 2.36 bits per heavy atom. The largest absolute Gasteiger partial charge is 0.493 e. The summed E-state index contributed by atoms with van der Waals surface area (Å²) in [6.45, 7) is 1.14. The molecule has 28 heavy (non-hydrogen) atoms. The van der Waals surface area contributed by atoms with Gasteiger partial charge in [-0.05, 0) is 30.7 Å². The van der Waals surface area contributed by atoms with E-state index in [2.05, 4.69) is 9.72 Å². The molecule has 6 nitrogen and oxygen atoms in total. The average Bonchev–Trinajstić information content (AvgIpc) is 2.69. The summed E-state index contributed by atoms with van der Waals surface area (Å²) < 4.78 is 51.5.